The van der Waals surface area contributed by atoms with Crippen molar-refractivity contribution >= 4 is 23.4 Å². The van der Waals surface area contributed by atoms with Gasteiger partial charge in [0.2, 0.25) is 5.89 Å². The molecule has 0 aliphatic heterocycles. The number of halogens is 1. The summed E-state index contributed by atoms with van der Waals surface area (Å²) >= 11 is 7.33. The Morgan fingerprint density at radius 3 is 2.67 bits per heavy atom. The fourth-order valence-electron chi connectivity index (χ4n) is 2.67. The quantitative estimate of drug-likeness (QED) is 0.356. The second-order valence-electron chi connectivity index (χ2n) is 5.87. The lowest BCUT2D eigenvalue weighted by molar-refractivity contribution is 0.318. The first-order valence-electron chi connectivity index (χ1n) is 8.87. The molecule has 0 aliphatic carbocycles. The van der Waals surface area contributed by atoms with Crippen LogP contribution in [0.1, 0.15) is 30.0 Å². The summed E-state index contributed by atoms with van der Waals surface area (Å²) in [5, 5.41) is 10.1. The number of ether oxygens (including phenoxy) is 1. The van der Waals surface area contributed by atoms with E-state index in [1.165, 1.54) is 0 Å². The largest absolute Gasteiger partial charge is 0.508 e. The fourth-order valence-corrected chi connectivity index (χ4v) is 3.75. The van der Waals surface area contributed by atoms with Gasteiger partial charge in [-0.25, -0.2) is 4.98 Å². The van der Waals surface area contributed by atoms with Crippen molar-refractivity contribution in [3.05, 3.63) is 66.2 Å². The lowest BCUT2D eigenvalue weighted by Gasteiger charge is -2.14. The predicted octanol–water partition coefficient (Wildman–Crippen LogP) is 5.90. The van der Waals surface area contributed by atoms with E-state index in [0.717, 1.165) is 29.1 Å². The monoisotopic (exact) mass is 403 g/mol. The number of rotatable bonds is 9. The number of oxazole rings is 1. The Kier molecular flexibility index (Phi) is 7.07. The van der Waals surface area contributed by atoms with Crippen molar-refractivity contribution in [2.45, 2.75) is 18.6 Å². The van der Waals surface area contributed by atoms with E-state index < -0.39 is 0 Å². The van der Waals surface area contributed by atoms with E-state index >= 15 is 0 Å². The van der Waals surface area contributed by atoms with Crippen molar-refractivity contribution < 1.29 is 14.3 Å². The molecule has 0 saturated carbocycles. The van der Waals surface area contributed by atoms with E-state index in [0.29, 0.717) is 24.1 Å². The molecule has 3 rings (SSSR count). The Balaban J connectivity index is 1.79. The second-order valence-corrected chi connectivity index (χ2v) is 7.63. The number of hydrogen-bond donors (Lipinski definition) is 1. The van der Waals surface area contributed by atoms with Gasteiger partial charge in [0.1, 0.15) is 16.7 Å². The van der Waals surface area contributed by atoms with Crippen molar-refractivity contribution in [1.29, 1.82) is 0 Å². The maximum absolute atomic E-state index is 10.2. The van der Waals surface area contributed by atoms with Crippen LogP contribution in [0.3, 0.4) is 0 Å². The second kappa shape index (κ2) is 9.72. The molecule has 0 radical (unpaired) electrons. The number of thioether (sulfide) groups is 1. The Bertz CT molecular complexity index is 851. The molecular weight excluding hydrogens is 382 g/mol. The van der Waals surface area contributed by atoms with Crippen molar-refractivity contribution in [3.63, 3.8) is 0 Å². The lowest BCUT2D eigenvalue weighted by atomic mass is 10.1. The molecule has 0 saturated heterocycles. The van der Waals surface area contributed by atoms with Gasteiger partial charge in [0.25, 0.3) is 0 Å². The van der Waals surface area contributed by atoms with Gasteiger partial charge in [-0.3, -0.25) is 0 Å². The molecule has 0 bridgehead atoms. The number of phenols is 1. The summed E-state index contributed by atoms with van der Waals surface area (Å²) in [6.45, 7) is 2.68. The summed E-state index contributed by atoms with van der Waals surface area (Å²) in [5.74, 6) is 3.80. The van der Waals surface area contributed by atoms with Gasteiger partial charge in [-0.15, -0.1) is 23.4 Å². The molecule has 1 N–H and O–H groups in total. The van der Waals surface area contributed by atoms with Crippen LogP contribution in [0.2, 0.25) is 0 Å². The predicted molar refractivity (Wildman–Crippen MR) is 111 cm³/mol. The molecule has 0 spiro atoms. The average molecular weight is 404 g/mol. The standard InChI is InChI=1S/C21H22ClNO3S/c1-2-27-20(17-6-3-4-7-18(17)24)21-23-14-19(26-21)15-8-10-16(11-9-15)25-13-5-12-22/h3-4,6-11,14,20,24H,2,5,12-13H2,1H3. The highest BCUT2D eigenvalue weighted by atomic mass is 35.5. The first-order chi connectivity index (χ1) is 13.2. The van der Waals surface area contributed by atoms with Crippen LogP contribution in [0.15, 0.2) is 59.1 Å². The van der Waals surface area contributed by atoms with Gasteiger partial charge in [-0.1, -0.05) is 25.1 Å². The number of hydrogen-bond acceptors (Lipinski definition) is 5. The number of benzene rings is 2. The zero-order chi connectivity index (χ0) is 19.1. The molecule has 1 atom stereocenters. The summed E-state index contributed by atoms with van der Waals surface area (Å²) in [5.41, 5.74) is 1.73. The number of aromatic nitrogens is 1. The summed E-state index contributed by atoms with van der Waals surface area (Å²) in [6.07, 6.45) is 2.54. The summed E-state index contributed by atoms with van der Waals surface area (Å²) < 4.78 is 11.7. The average Bonchev–Trinajstić information content (AvgIpc) is 3.17. The van der Waals surface area contributed by atoms with E-state index in [4.69, 9.17) is 20.8 Å². The highest BCUT2D eigenvalue weighted by Crippen LogP contribution is 2.40. The van der Waals surface area contributed by atoms with Crippen LogP contribution in [0.25, 0.3) is 11.3 Å². The van der Waals surface area contributed by atoms with Crippen LogP contribution in [0.5, 0.6) is 11.5 Å². The molecule has 0 aliphatic rings. The molecule has 0 fully saturated rings. The van der Waals surface area contributed by atoms with Crippen LogP contribution in [0, 0.1) is 0 Å². The van der Waals surface area contributed by atoms with Gasteiger partial charge >= 0.3 is 0 Å². The topological polar surface area (TPSA) is 55.5 Å². The molecule has 1 aromatic heterocycles. The normalized spacial score (nSPS) is 12.1. The van der Waals surface area contributed by atoms with E-state index in [9.17, 15) is 5.11 Å². The van der Waals surface area contributed by atoms with Crippen LogP contribution < -0.4 is 4.74 Å². The first-order valence-corrected chi connectivity index (χ1v) is 10.5. The molecule has 2 aromatic carbocycles. The summed E-state index contributed by atoms with van der Waals surface area (Å²) in [7, 11) is 0. The van der Waals surface area contributed by atoms with Gasteiger partial charge in [0, 0.05) is 17.0 Å². The molecule has 6 heteroatoms. The minimum Gasteiger partial charge on any atom is -0.508 e. The third-order valence-corrected chi connectivity index (χ3v) is 5.38. The van der Waals surface area contributed by atoms with Crippen LogP contribution in [-0.2, 0) is 0 Å². The lowest BCUT2D eigenvalue weighted by Crippen LogP contribution is -1.98. The van der Waals surface area contributed by atoms with Gasteiger partial charge in [0.15, 0.2) is 5.76 Å². The van der Waals surface area contributed by atoms with Crippen molar-refractivity contribution in [3.8, 4) is 22.8 Å². The minimum atomic E-state index is -0.150. The van der Waals surface area contributed by atoms with E-state index in [1.54, 1.807) is 24.0 Å². The van der Waals surface area contributed by atoms with Crippen LogP contribution in [-0.4, -0.2) is 28.3 Å². The zero-order valence-electron chi connectivity index (χ0n) is 15.1. The molecule has 3 aromatic rings. The van der Waals surface area contributed by atoms with Crippen molar-refractivity contribution in [2.75, 3.05) is 18.2 Å². The molecule has 27 heavy (non-hydrogen) atoms. The summed E-state index contributed by atoms with van der Waals surface area (Å²) in [4.78, 5) is 4.47. The van der Waals surface area contributed by atoms with Gasteiger partial charge in [-0.2, -0.15) is 0 Å². The maximum Gasteiger partial charge on any atom is 0.212 e. The molecule has 1 heterocycles. The Labute approximate surface area is 168 Å². The Morgan fingerprint density at radius 2 is 1.96 bits per heavy atom. The zero-order valence-corrected chi connectivity index (χ0v) is 16.7. The summed E-state index contributed by atoms with van der Waals surface area (Å²) in [6, 6.07) is 15.0. The third-order valence-electron chi connectivity index (χ3n) is 3.99. The minimum absolute atomic E-state index is 0.150. The van der Waals surface area contributed by atoms with Gasteiger partial charge in [-0.05, 0) is 42.5 Å². The SMILES string of the molecule is CCSC(c1ncc(-c2ccc(OCCCCl)cc2)o1)c1ccccc1O. The Morgan fingerprint density at radius 1 is 1.19 bits per heavy atom. The van der Waals surface area contributed by atoms with Crippen LogP contribution in [0.4, 0.5) is 0 Å². The Hall–Kier alpha value is -2.11. The van der Waals surface area contributed by atoms with E-state index in [-0.39, 0.29) is 11.0 Å². The maximum atomic E-state index is 10.2. The number of nitrogens with zero attached hydrogens (tertiary/aromatic N) is 1. The van der Waals surface area contributed by atoms with Crippen molar-refractivity contribution in [2.24, 2.45) is 0 Å². The fraction of sp³-hybridized carbons (Fsp3) is 0.286. The van der Waals surface area contributed by atoms with E-state index in [2.05, 4.69) is 11.9 Å². The molecule has 1 unspecified atom stereocenters. The molecule has 0 amide bonds. The molecule has 142 valence electrons. The molecular formula is C21H22ClNO3S. The smallest absolute Gasteiger partial charge is 0.212 e. The first kappa shape index (κ1) is 19.6. The number of phenolic OH excluding ortho intramolecular Hbond substituents is 1. The number of alkyl halides is 1. The van der Waals surface area contributed by atoms with E-state index in [1.807, 2.05) is 42.5 Å². The number of para-hydroxylation sites is 1. The number of aromatic hydroxyl groups is 1. The van der Waals surface area contributed by atoms with Crippen molar-refractivity contribution in [1.82, 2.24) is 4.98 Å². The highest BCUT2D eigenvalue weighted by molar-refractivity contribution is 7.99. The molecule has 4 nitrogen and oxygen atoms in total. The van der Waals surface area contributed by atoms with Crippen LogP contribution >= 0.6 is 23.4 Å². The third kappa shape index (κ3) is 4.99. The van der Waals surface area contributed by atoms with Gasteiger partial charge in [0.05, 0.1) is 12.8 Å². The van der Waals surface area contributed by atoms with Gasteiger partial charge < -0.3 is 14.3 Å². The highest BCUT2D eigenvalue weighted by Gasteiger charge is 2.22.